The van der Waals surface area contributed by atoms with Gasteiger partial charge in [0, 0.05) is 17.7 Å². The zero-order valence-corrected chi connectivity index (χ0v) is 22.5. The van der Waals surface area contributed by atoms with E-state index >= 15 is 0 Å². The third-order valence-electron chi connectivity index (χ3n) is 5.81. The van der Waals surface area contributed by atoms with Crippen LogP contribution in [0.5, 0.6) is 5.75 Å². The molecule has 0 heterocycles. The summed E-state index contributed by atoms with van der Waals surface area (Å²) in [4.78, 5) is 30.4. The van der Waals surface area contributed by atoms with Crippen LogP contribution >= 0.6 is 7.82 Å². The molecule has 3 aromatic rings. The SMILES string of the molecule is CC(C)(C)c1cc(NC(=O)[C@@](C)(N)COP(=O)(O)O)ccc1OCCc1ccc(-c2ccccc2)cc1. The monoisotopic (exact) mass is 526 g/mol. The first-order valence-electron chi connectivity index (χ1n) is 12.0. The number of carbonyl (C=O) groups is 1. The van der Waals surface area contributed by atoms with Gasteiger partial charge in [-0.05, 0) is 47.2 Å². The summed E-state index contributed by atoms with van der Waals surface area (Å²) >= 11 is 0. The number of nitrogens with one attached hydrogen (secondary N) is 1. The Labute approximate surface area is 218 Å². The predicted molar refractivity (Wildman–Crippen MR) is 145 cm³/mol. The molecule has 1 atom stereocenters. The topological polar surface area (TPSA) is 131 Å². The van der Waals surface area contributed by atoms with Gasteiger partial charge in [0.1, 0.15) is 11.3 Å². The van der Waals surface area contributed by atoms with Crippen LogP contribution in [-0.4, -0.2) is 34.4 Å². The van der Waals surface area contributed by atoms with E-state index in [1.165, 1.54) is 23.6 Å². The standard InChI is InChI=1S/C28H35N2O6P/c1-27(2,3)24-18-23(30-26(31)28(4,29)19-36-37(32,33)34)14-15-25(24)35-17-16-20-10-12-22(13-11-20)21-8-6-5-7-9-21/h5-15,18H,16-17,19,29H2,1-4H3,(H,30,31)(H2,32,33,34)/t28-/m0/s1. The molecular weight excluding hydrogens is 491 g/mol. The molecule has 3 aromatic carbocycles. The number of carbonyl (C=O) groups excluding carboxylic acids is 1. The summed E-state index contributed by atoms with van der Waals surface area (Å²) < 4.78 is 21.5. The fourth-order valence-electron chi connectivity index (χ4n) is 3.65. The molecule has 0 aliphatic heterocycles. The van der Waals surface area contributed by atoms with Crippen molar-refractivity contribution >= 4 is 19.4 Å². The Morgan fingerprint density at radius 2 is 1.57 bits per heavy atom. The average molecular weight is 527 g/mol. The number of phosphoric ester groups is 1. The smallest absolute Gasteiger partial charge is 0.469 e. The second-order valence-electron chi connectivity index (χ2n) is 10.3. The Morgan fingerprint density at radius 3 is 2.16 bits per heavy atom. The molecule has 0 fully saturated rings. The van der Waals surface area contributed by atoms with Crippen LogP contribution in [0.3, 0.4) is 0 Å². The van der Waals surface area contributed by atoms with Crippen molar-refractivity contribution in [1.82, 2.24) is 0 Å². The van der Waals surface area contributed by atoms with Gasteiger partial charge in [-0.25, -0.2) is 4.57 Å². The maximum Gasteiger partial charge on any atom is 0.469 e. The van der Waals surface area contributed by atoms with Gasteiger partial charge in [-0.2, -0.15) is 0 Å². The normalized spacial score (nSPS) is 13.6. The van der Waals surface area contributed by atoms with Gasteiger partial charge in [0.2, 0.25) is 5.91 Å². The minimum absolute atomic E-state index is 0.275. The van der Waals surface area contributed by atoms with Gasteiger partial charge < -0.3 is 25.6 Å². The number of hydrogen-bond donors (Lipinski definition) is 4. The number of phosphoric acid groups is 1. The van der Waals surface area contributed by atoms with Crippen LogP contribution in [0.1, 0.15) is 38.8 Å². The number of amides is 1. The summed E-state index contributed by atoms with van der Waals surface area (Å²) in [5.41, 5.74) is 8.91. The van der Waals surface area contributed by atoms with Crippen molar-refractivity contribution < 1.29 is 28.4 Å². The summed E-state index contributed by atoms with van der Waals surface area (Å²) in [7, 11) is -4.75. The fourth-order valence-corrected chi connectivity index (χ4v) is 4.09. The molecule has 0 saturated heterocycles. The molecule has 8 nitrogen and oxygen atoms in total. The first-order chi connectivity index (χ1) is 17.2. The van der Waals surface area contributed by atoms with E-state index in [-0.39, 0.29) is 5.41 Å². The van der Waals surface area contributed by atoms with Crippen molar-refractivity contribution in [2.45, 2.75) is 45.1 Å². The van der Waals surface area contributed by atoms with Gasteiger partial charge in [-0.3, -0.25) is 9.32 Å². The number of benzene rings is 3. The maximum absolute atomic E-state index is 12.6. The first kappa shape index (κ1) is 28.6. The van der Waals surface area contributed by atoms with Gasteiger partial charge in [0.05, 0.1) is 13.2 Å². The van der Waals surface area contributed by atoms with E-state index in [2.05, 4.69) is 46.2 Å². The molecule has 5 N–H and O–H groups in total. The molecule has 0 unspecified atom stereocenters. The number of anilines is 1. The Kier molecular flexibility index (Phi) is 8.95. The summed E-state index contributed by atoms with van der Waals surface area (Å²) in [6, 6.07) is 24.0. The van der Waals surface area contributed by atoms with Gasteiger partial charge in [0.25, 0.3) is 0 Å². The van der Waals surface area contributed by atoms with E-state index in [1.54, 1.807) is 12.1 Å². The van der Waals surface area contributed by atoms with E-state index < -0.39 is 25.9 Å². The lowest BCUT2D eigenvalue weighted by molar-refractivity contribution is -0.121. The fraction of sp³-hybridized carbons (Fsp3) is 0.321. The highest BCUT2D eigenvalue weighted by molar-refractivity contribution is 7.46. The third kappa shape index (κ3) is 8.52. The molecule has 0 spiro atoms. The summed E-state index contributed by atoms with van der Waals surface area (Å²) in [5.74, 6) is 0.0835. The van der Waals surface area contributed by atoms with E-state index in [0.717, 1.165) is 12.0 Å². The van der Waals surface area contributed by atoms with Crippen molar-refractivity contribution in [3.05, 3.63) is 83.9 Å². The van der Waals surface area contributed by atoms with Gasteiger partial charge in [-0.15, -0.1) is 0 Å². The van der Waals surface area contributed by atoms with Crippen LogP contribution < -0.4 is 15.8 Å². The second-order valence-corrected chi connectivity index (χ2v) is 11.5. The molecule has 3 rings (SSSR count). The summed E-state index contributed by atoms with van der Waals surface area (Å²) in [6.07, 6.45) is 0.738. The van der Waals surface area contributed by atoms with Crippen molar-refractivity contribution in [3.8, 4) is 16.9 Å². The molecule has 9 heteroatoms. The summed E-state index contributed by atoms with van der Waals surface area (Å²) in [5, 5.41) is 2.71. The van der Waals surface area contributed by atoms with Crippen LogP contribution in [-0.2, 0) is 25.7 Å². The van der Waals surface area contributed by atoms with Crippen molar-refractivity contribution in [1.29, 1.82) is 0 Å². The quantitative estimate of drug-likeness (QED) is 0.272. The number of nitrogens with two attached hydrogens (primary N) is 1. The highest BCUT2D eigenvalue weighted by Crippen LogP contribution is 2.37. The molecule has 37 heavy (non-hydrogen) atoms. The van der Waals surface area contributed by atoms with E-state index in [0.29, 0.717) is 18.0 Å². The van der Waals surface area contributed by atoms with E-state index in [4.69, 9.17) is 20.3 Å². The lowest BCUT2D eigenvalue weighted by atomic mass is 9.86. The van der Waals surface area contributed by atoms with Crippen LogP contribution in [0, 0.1) is 0 Å². The van der Waals surface area contributed by atoms with Gasteiger partial charge in [0.15, 0.2) is 0 Å². The number of rotatable bonds is 10. The third-order valence-corrected chi connectivity index (χ3v) is 6.27. The van der Waals surface area contributed by atoms with E-state index in [1.807, 2.05) is 45.0 Å². The lowest BCUT2D eigenvalue weighted by Gasteiger charge is -2.26. The Morgan fingerprint density at radius 1 is 0.946 bits per heavy atom. The van der Waals surface area contributed by atoms with Gasteiger partial charge in [-0.1, -0.05) is 75.4 Å². The minimum Gasteiger partial charge on any atom is -0.493 e. The van der Waals surface area contributed by atoms with Crippen molar-refractivity contribution in [2.24, 2.45) is 5.73 Å². The number of ether oxygens (including phenoxy) is 1. The van der Waals surface area contributed by atoms with E-state index in [9.17, 15) is 9.36 Å². The zero-order valence-electron chi connectivity index (χ0n) is 21.6. The predicted octanol–water partition coefficient (Wildman–Crippen LogP) is 5.04. The molecule has 198 valence electrons. The summed E-state index contributed by atoms with van der Waals surface area (Å²) in [6.45, 7) is 7.33. The molecule has 1 amide bonds. The lowest BCUT2D eigenvalue weighted by Crippen LogP contribution is -2.52. The maximum atomic E-state index is 12.6. The van der Waals surface area contributed by atoms with Gasteiger partial charge >= 0.3 is 7.82 Å². The Balaban J connectivity index is 1.65. The zero-order chi connectivity index (χ0) is 27.3. The Bertz CT molecular complexity index is 1250. The average Bonchev–Trinajstić information content (AvgIpc) is 2.83. The van der Waals surface area contributed by atoms with Crippen LogP contribution in [0.25, 0.3) is 11.1 Å². The number of hydrogen-bond acceptors (Lipinski definition) is 5. The molecule has 0 saturated carbocycles. The van der Waals surface area contributed by atoms with Crippen LogP contribution in [0.2, 0.25) is 0 Å². The molecule has 0 radical (unpaired) electrons. The highest BCUT2D eigenvalue weighted by atomic mass is 31.2. The van der Waals surface area contributed by atoms with Crippen LogP contribution in [0.4, 0.5) is 5.69 Å². The van der Waals surface area contributed by atoms with Crippen LogP contribution in [0.15, 0.2) is 72.8 Å². The van der Waals surface area contributed by atoms with Crippen molar-refractivity contribution in [3.63, 3.8) is 0 Å². The Hall–Kier alpha value is -3.00. The molecule has 0 aliphatic rings. The molecular formula is C28H35N2O6P. The molecule has 0 bridgehead atoms. The van der Waals surface area contributed by atoms with Crippen molar-refractivity contribution in [2.75, 3.05) is 18.5 Å². The minimum atomic E-state index is -4.75. The highest BCUT2D eigenvalue weighted by Gasteiger charge is 2.32. The molecule has 0 aliphatic carbocycles. The first-order valence-corrected chi connectivity index (χ1v) is 13.5. The second kappa shape index (κ2) is 11.6. The largest absolute Gasteiger partial charge is 0.493 e. The molecule has 0 aromatic heterocycles.